The molecule has 0 saturated carbocycles. The molecular formula is C14H23ClN6. The molecule has 0 atom stereocenters. The van der Waals surface area contributed by atoms with Crippen LogP contribution in [0.2, 0.25) is 5.28 Å². The molecule has 2 aliphatic heterocycles. The van der Waals surface area contributed by atoms with E-state index in [4.69, 9.17) is 11.6 Å². The van der Waals surface area contributed by atoms with Crippen LogP contribution in [0.25, 0.3) is 0 Å². The minimum atomic E-state index is 0.276. The van der Waals surface area contributed by atoms with Crippen LogP contribution in [-0.2, 0) is 0 Å². The van der Waals surface area contributed by atoms with Gasteiger partial charge < -0.3 is 15.1 Å². The largest absolute Gasteiger partial charge is 0.354 e. The molecule has 1 N–H and O–H groups in total. The van der Waals surface area contributed by atoms with Gasteiger partial charge in [0.05, 0.1) is 0 Å². The standard InChI is InChI=1S/C14H23ClN6/c1-20-8-4-11(5-9-20)10-16-13-17-12(15)18-14(19-13)21-6-2-3-7-21/h11H,2-10H2,1H3,(H,16,17,18,19). The predicted octanol–water partition coefficient (Wildman–Crippen LogP) is 1.88. The summed E-state index contributed by atoms with van der Waals surface area (Å²) in [6.07, 6.45) is 4.84. The van der Waals surface area contributed by atoms with E-state index in [0.29, 0.717) is 17.8 Å². The quantitative estimate of drug-likeness (QED) is 0.916. The third kappa shape index (κ3) is 3.95. The Hall–Kier alpha value is -1.14. The summed E-state index contributed by atoms with van der Waals surface area (Å²) in [6.45, 7) is 5.27. The van der Waals surface area contributed by atoms with E-state index in [-0.39, 0.29) is 5.28 Å². The highest BCUT2D eigenvalue weighted by molar-refractivity contribution is 6.28. The lowest BCUT2D eigenvalue weighted by molar-refractivity contribution is 0.226. The molecule has 3 heterocycles. The first kappa shape index (κ1) is 14.8. The highest BCUT2D eigenvalue weighted by atomic mass is 35.5. The molecule has 2 aliphatic rings. The Kier molecular flexibility index (Phi) is 4.75. The lowest BCUT2D eigenvalue weighted by Crippen LogP contribution is -2.33. The van der Waals surface area contributed by atoms with E-state index in [9.17, 15) is 0 Å². The van der Waals surface area contributed by atoms with E-state index in [1.165, 1.54) is 38.8 Å². The molecule has 2 fully saturated rings. The van der Waals surface area contributed by atoms with E-state index < -0.39 is 0 Å². The normalized spacial score (nSPS) is 21.0. The summed E-state index contributed by atoms with van der Waals surface area (Å²) in [5.74, 6) is 2.00. The summed E-state index contributed by atoms with van der Waals surface area (Å²) in [5, 5.41) is 3.62. The molecule has 1 aromatic heterocycles. The van der Waals surface area contributed by atoms with Crippen LogP contribution < -0.4 is 10.2 Å². The van der Waals surface area contributed by atoms with Crippen molar-refractivity contribution < 1.29 is 0 Å². The van der Waals surface area contributed by atoms with Gasteiger partial charge >= 0.3 is 0 Å². The van der Waals surface area contributed by atoms with Crippen LogP contribution in [-0.4, -0.2) is 59.6 Å². The number of hydrogen-bond donors (Lipinski definition) is 1. The molecule has 0 bridgehead atoms. The molecule has 0 unspecified atom stereocenters. The fourth-order valence-electron chi connectivity index (χ4n) is 2.98. The predicted molar refractivity (Wildman–Crippen MR) is 85.0 cm³/mol. The number of nitrogens with one attached hydrogen (secondary N) is 1. The number of nitrogens with zero attached hydrogens (tertiary/aromatic N) is 5. The maximum atomic E-state index is 6.03. The number of aromatic nitrogens is 3. The van der Waals surface area contributed by atoms with Crippen LogP contribution in [0, 0.1) is 5.92 Å². The summed E-state index contributed by atoms with van der Waals surface area (Å²) in [6, 6.07) is 0. The van der Waals surface area contributed by atoms with Crippen molar-refractivity contribution in [3.8, 4) is 0 Å². The van der Waals surface area contributed by atoms with Crippen LogP contribution in [0.1, 0.15) is 25.7 Å². The van der Waals surface area contributed by atoms with Gasteiger partial charge in [0, 0.05) is 19.6 Å². The fraction of sp³-hybridized carbons (Fsp3) is 0.786. The Balaban J connectivity index is 1.59. The highest BCUT2D eigenvalue weighted by Gasteiger charge is 2.19. The van der Waals surface area contributed by atoms with Crippen molar-refractivity contribution in [2.75, 3.05) is 50.0 Å². The number of piperidine rings is 1. The maximum absolute atomic E-state index is 6.03. The van der Waals surface area contributed by atoms with Gasteiger partial charge in [-0.25, -0.2) is 0 Å². The Morgan fingerprint density at radius 2 is 1.81 bits per heavy atom. The van der Waals surface area contributed by atoms with E-state index in [1.54, 1.807) is 0 Å². The minimum absolute atomic E-state index is 0.276. The van der Waals surface area contributed by atoms with Crippen LogP contribution in [0.4, 0.5) is 11.9 Å². The Morgan fingerprint density at radius 1 is 1.10 bits per heavy atom. The Labute approximate surface area is 130 Å². The second-order valence-electron chi connectivity index (χ2n) is 6.05. The van der Waals surface area contributed by atoms with Crippen LogP contribution in [0.5, 0.6) is 0 Å². The molecule has 2 saturated heterocycles. The van der Waals surface area contributed by atoms with E-state index in [1.807, 2.05) is 0 Å². The molecule has 0 spiro atoms. The third-order valence-corrected chi connectivity index (χ3v) is 4.54. The summed E-state index contributed by atoms with van der Waals surface area (Å²) >= 11 is 6.03. The molecule has 116 valence electrons. The minimum Gasteiger partial charge on any atom is -0.354 e. The number of halogens is 1. The van der Waals surface area contributed by atoms with Crippen molar-refractivity contribution in [2.24, 2.45) is 5.92 Å². The molecule has 7 heteroatoms. The average molecular weight is 311 g/mol. The molecule has 0 amide bonds. The van der Waals surface area contributed by atoms with Gasteiger partial charge in [0.15, 0.2) is 0 Å². The van der Waals surface area contributed by atoms with Gasteiger partial charge in [0.2, 0.25) is 17.2 Å². The first-order valence-corrected chi connectivity index (χ1v) is 8.17. The number of rotatable bonds is 4. The first-order chi connectivity index (χ1) is 10.2. The molecule has 21 heavy (non-hydrogen) atoms. The van der Waals surface area contributed by atoms with Crippen molar-refractivity contribution >= 4 is 23.5 Å². The molecule has 1 aromatic rings. The van der Waals surface area contributed by atoms with Gasteiger partial charge in [-0.05, 0) is 63.3 Å². The van der Waals surface area contributed by atoms with Gasteiger partial charge in [-0.3, -0.25) is 0 Å². The zero-order chi connectivity index (χ0) is 14.7. The van der Waals surface area contributed by atoms with Crippen molar-refractivity contribution in [3.63, 3.8) is 0 Å². The fourth-order valence-corrected chi connectivity index (χ4v) is 3.13. The van der Waals surface area contributed by atoms with Gasteiger partial charge in [0.25, 0.3) is 0 Å². The second-order valence-corrected chi connectivity index (χ2v) is 6.39. The van der Waals surface area contributed by atoms with E-state index >= 15 is 0 Å². The molecule has 0 radical (unpaired) electrons. The van der Waals surface area contributed by atoms with Crippen LogP contribution in [0.3, 0.4) is 0 Å². The maximum Gasteiger partial charge on any atom is 0.231 e. The molecule has 0 aromatic carbocycles. The zero-order valence-corrected chi connectivity index (χ0v) is 13.3. The summed E-state index contributed by atoms with van der Waals surface area (Å²) in [5.41, 5.74) is 0. The monoisotopic (exact) mass is 310 g/mol. The SMILES string of the molecule is CN1CCC(CNc2nc(Cl)nc(N3CCCC3)n2)CC1. The third-order valence-electron chi connectivity index (χ3n) is 4.37. The summed E-state index contributed by atoms with van der Waals surface area (Å²) in [7, 11) is 2.18. The molecule has 0 aliphatic carbocycles. The average Bonchev–Trinajstić information content (AvgIpc) is 3.00. The van der Waals surface area contributed by atoms with Crippen molar-refractivity contribution in [1.29, 1.82) is 0 Å². The van der Waals surface area contributed by atoms with E-state index in [0.717, 1.165) is 19.6 Å². The Bertz CT molecular complexity index is 469. The highest BCUT2D eigenvalue weighted by Crippen LogP contribution is 2.20. The molecule has 6 nitrogen and oxygen atoms in total. The summed E-state index contributed by atoms with van der Waals surface area (Å²) < 4.78 is 0. The first-order valence-electron chi connectivity index (χ1n) is 7.79. The van der Waals surface area contributed by atoms with Crippen LogP contribution >= 0.6 is 11.6 Å². The van der Waals surface area contributed by atoms with Gasteiger partial charge in [-0.1, -0.05) is 0 Å². The topological polar surface area (TPSA) is 57.2 Å². The van der Waals surface area contributed by atoms with Gasteiger partial charge in [-0.15, -0.1) is 0 Å². The van der Waals surface area contributed by atoms with Crippen molar-refractivity contribution in [2.45, 2.75) is 25.7 Å². The smallest absolute Gasteiger partial charge is 0.231 e. The number of likely N-dealkylation sites (tertiary alicyclic amines) is 1. The Morgan fingerprint density at radius 3 is 2.52 bits per heavy atom. The van der Waals surface area contributed by atoms with Crippen molar-refractivity contribution in [1.82, 2.24) is 19.9 Å². The lowest BCUT2D eigenvalue weighted by Gasteiger charge is -2.29. The van der Waals surface area contributed by atoms with Gasteiger partial charge in [-0.2, -0.15) is 15.0 Å². The van der Waals surface area contributed by atoms with Crippen LogP contribution in [0.15, 0.2) is 0 Å². The lowest BCUT2D eigenvalue weighted by atomic mass is 9.97. The zero-order valence-electron chi connectivity index (χ0n) is 12.6. The van der Waals surface area contributed by atoms with Gasteiger partial charge in [0.1, 0.15) is 0 Å². The second kappa shape index (κ2) is 6.75. The van der Waals surface area contributed by atoms with E-state index in [2.05, 4.69) is 37.1 Å². The number of anilines is 2. The van der Waals surface area contributed by atoms with Crippen molar-refractivity contribution in [3.05, 3.63) is 5.28 Å². The summed E-state index contributed by atoms with van der Waals surface area (Å²) in [4.78, 5) is 17.5. The number of hydrogen-bond acceptors (Lipinski definition) is 6. The molecular weight excluding hydrogens is 288 g/mol. The molecule has 3 rings (SSSR count).